The second kappa shape index (κ2) is 4.77. The second-order valence-electron chi connectivity index (χ2n) is 3.08. The van der Waals surface area contributed by atoms with Gasteiger partial charge in [-0.15, -0.1) is 0 Å². The van der Waals surface area contributed by atoms with Crippen LogP contribution in [0.15, 0.2) is 30.9 Å². The van der Waals surface area contributed by atoms with Crippen molar-refractivity contribution in [2.75, 3.05) is 6.61 Å². The van der Waals surface area contributed by atoms with E-state index in [1.54, 1.807) is 25.1 Å². The maximum Gasteiger partial charge on any atom is 0.165 e. The first-order valence-electron chi connectivity index (χ1n) is 4.44. The molecule has 2 nitrogen and oxygen atoms in total. The van der Waals surface area contributed by atoms with Gasteiger partial charge in [0.2, 0.25) is 0 Å². The van der Waals surface area contributed by atoms with Gasteiger partial charge < -0.3 is 10.5 Å². The van der Waals surface area contributed by atoms with E-state index in [1.807, 2.05) is 0 Å². The predicted molar refractivity (Wildman–Crippen MR) is 54.7 cm³/mol. The third-order valence-corrected chi connectivity index (χ3v) is 1.84. The van der Waals surface area contributed by atoms with Gasteiger partial charge in [0.15, 0.2) is 11.6 Å². The number of benzene rings is 1. The zero-order valence-electron chi connectivity index (χ0n) is 8.16. The van der Waals surface area contributed by atoms with Gasteiger partial charge in [0, 0.05) is 6.04 Å². The molecule has 1 aromatic carbocycles. The molecule has 0 amide bonds. The molecule has 0 spiro atoms. The molecule has 0 saturated heterocycles. The lowest BCUT2D eigenvalue weighted by atomic mass is 10.1. The summed E-state index contributed by atoms with van der Waals surface area (Å²) >= 11 is 0. The first-order valence-corrected chi connectivity index (χ1v) is 4.44. The van der Waals surface area contributed by atoms with Crippen molar-refractivity contribution in [1.82, 2.24) is 0 Å². The molecule has 0 saturated carbocycles. The summed E-state index contributed by atoms with van der Waals surface area (Å²) in [5.41, 5.74) is 6.37. The Bertz CT molecular complexity index is 323. The lowest BCUT2D eigenvalue weighted by Crippen LogP contribution is -2.05. The Morgan fingerprint density at radius 3 is 2.86 bits per heavy atom. The number of ether oxygens (including phenoxy) is 1. The molecule has 0 radical (unpaired) electrons. The molecule has 0 bridgehead atoms. The summed E-state index contributed by atoms with van der Waals surface area (Å²) < 4.78 is 18.4. The first kappa shape index (κ1) is 10.7. The van der Waals surface area contributed by atoms with Crippen molar-refractivity contribution in [2.45, 2.75) is 13.0 Å². The highest BCUT2D eigenvalue weighted by Crippen LogP contribution is 2.20. The van der Waals surface area contributed by atoms with E-state index in [9.17, 15) is 4.39 Å². The largest absolute Gasteiger partial charge is 0.486 e. The summed E-state index contributed by atoms with van der Waals surface area (Å²) in [6, 6.07) is 4.56. The molecular formula is C11H14FNO. The quantitative estimate of drug-likeness (QED) is 0.749. The third kappa shape index (κ3) is 2.57. The average molecular weight is 195 g/mol. The van der Waals surface area contributed by atoms with Crippen LogP contribution in [0.4, 0.5) is 4.39 Å². The summed E-state index contributed by atoms with van der Waals surface area (Å²) in [7, 11) is 0. The van der Waals surface area contributed by atoms with Crippen molar-refractivity contribution >= 4 is 0 Å². The molecule has 0 aliphatic carbocycles. The molecule has 14 heavy (non-hydrogen) atoms. The Balaban J connectivity index is 2.84. The zero-order valence-corrected chi connectivity index (χ0v) is 8.16. The van der Waals surface area contributed by atoms with Crippen LogP contribution in [0.5, 0.6) is 5.75 Å². The van der Waals surface area contributed by atoms with Gasteiger partial charge >= 0.3 is 0 Å². The number of hydrogen-bond donors (Lipinski definition) is 1. The van der Waals surface area contributed by atoms with Gasteiger partial charge in [0.05, 0.1) is 0 Å². The first-order chi connectivity index (χ1) is 6.65. The maximum atomic E-state index is 13.3. The van der Waals surface area contributed by atoms with Crippen molar-refractivity contribution in [1.29, 1.82) is 0 Å². The van der Waals surface area contributed by atoms with Crippen LogP contribution in [0, 0.1) is 5.82 Å². The molecule has 1 atom stereocenters. The van der Waals surface area contributed by atoms with E-state index in [0.29, 0.717) is 6.61 Å². The van der Waals surface area contributed by atoms with E-state index in [2.05, 4.69) is 6.58 Å². The monoisotopic (exact) mass is 195 g/mol. The topological polar surface area (TPSA) is 35.2 Å². The van der Waals surface area contributed by atoms with Gasteiger partial charge in [-0.25, -0.2) is 4.39 Å². The van der Waals surface area contributed by atoms with Crippen molar-refractivity contribution in [2.24, 2.45) is 5.73 Å². The van der Waals surface area contributed by atoms with E-state index in [-0.39, 0.29) is 17.6 Å². The molecule has 2 N–H and O–H groups in total. The molecule has 1 aromatic rings. The van der Waals surface area contributed by atoms with Crippen LogP contribution in [0.25, 0.3) is 0 Å². The fraction of sp³-hybridized carbons (Fsp3) is 0.273. The molecule has 0 aliphatic heterocycles. The summed E-state index contributed by atoms with van der Waals surface area (Å²) in [4.78, 5) is 0. The van der Waals surface area contributed by atoms with Crippen molar-refractivity contribution in [3.05, 3.63) is 42.2 Å². The smallest absolute Gasteiger partial charge is 0.165 e. The normalized spacial score (nSPS) is 12.2. The Labute approximate surface area is 83.2 Å². The molecule has 0 unspecified atom stereocenters. The molecular weight excluding hydrogens is 181 g/mol. The Hall–Kier alpha value is -1.35. The molecule has 0 heterocycles. The van der Waals surface area contributed by atoms with Crippen molar-refractivity contribution < 1.29 is 9.13 Å². The van der Waals surface area contributed by atoms with E-state index in [1.165, 1.54) is 6.07 Å². The SMILES string of the molecule is C=CCOc1ccc([C@@H](C)N)cc1F. The van der Waals surface area contributed by atoms with Gasteiger partial charge in [-0.1, -0.05) is 18.7 Å². The molecule has 1 rings (SSSR count). The molecule has 3 heteroatoms. The molecule has 0 aromatic heterocycles. The zero-order chi connectivity index (χ0) is 10.6. The minimum absolute atomic E-state index is 0.169. The van der Waals surface area contributed by atoms with Gasteiger partial charge in [0.25, 0.3) is 0 Å². The Morgan fingerprint density at radius 1 is 1.64 bits per heavy atom. The number of rotatable bonds is 4. The molecule has 0 aliphatic rings. The van der Waals surface area contributed by atoms with Gasteiger partial charge in [-0.2, -0.15) is 0 Å². The fourth-order valence-electron chi connectivity index (χ4n) is 1.07. The number of hydrogen-bond acceptors (Lipinski definition) is 2. The van der Waals surface area contributed by atoms with Crippen molar-refractivity contribution in [3.63, 3.8) is 0 Å². The van der Waals surface area contributed by atoms with Crippen LogP contribution in [-0.2, 0) is 0 Å². The summed E-state index contributed by atoms with van der Waals surface area (Å²) in [6.45, 7) is 5.59. The number of halogens is 1. The highest BCUT2D eigenvalue weighted by molar-refractivity contribution is 5.30. The fourth-order valence-corrected chi connectivity index (χ4v) is 1.07. The van der Waals surface area contributed by atoms with Crippen LogP contribution in [-0.4, -0.2) is 6.61 Å². The van der Waals surface area contributed by atoms with Crippen LogP contribution in [0.3, 0.4) is 0 Å². The van der Waals surface area contributed by atoms with Gasteiger partial charge in [0.1, 0.15) is 6.61 Å². The lowest BCUT2D eigenvalue weighted by molar-refractivity contribution is 0.341. The van der Waals surface area contributed by atoms with E-state index in [0.717, 1.165) is 5.56 Å². The maximum absolute atomic E-state index is 13.3. The van der Waals surface area contributed by atoms with E-state index in [4.69, 9.17) is 10.5 Å². The number of nitrogens with two attached hydrogens (primary N) is 1. The summed E-state index contributed by atoms with van der Waals surface area (Å²) in [5.74, 6) is -0.157. The predicted octanol–water partition coefficient (Wildman–Crippen LogP) is 2.41. The highest BCUT2D eigenvalue weighted by Gasteiger charge is 2.06. The minimum atomic E-state index is -0.387. The van der Waals surface area contributed by atoms with Crippen molar-refractivity contribution in [3.8, 4) is 5.75 Å². The third-order valence-electron chi connectivity index (χ3n) is 1.84. The minimum Gasteiger partial charge on any atom is -0.486 e. The van der Waals surface area contributed by atoms with Crippen LogP contribution < -0.4 is 10.5 Å². The Kier molecular flexibility index (Phi) is 3.65. The lowest BCUT2D eigenvalue weighted by Gasteiger charge is -2.08. The summed E-state index contributed by atoms with van der Waals surface area (Å²) in [6.07, 6.45) is 1.57. The van der Waals surface area contributed by atoms with Crippen LogP contribution in [0.1, 0.15) is 18.5 Å². The van der Waals surface area contributed by atoms with Gasteiger partial charge in [-0.05, 0) is 24.6 Å². The van der Waals surface area contributed by atoms with Crippen LogP contribution >= 0.6 is 0 Å². The second-order valence-corrected chi connectivity index (χ2v) is 3.08. The average Bonchev–Trinajstić information content (AvgIpc) is 2.15. The molecule has 76 valence electrons. The van der Waals surface area contributed by atoms with Gasteiger partial charge in [-0.3, -0.25) is 0 Å². The molecule has 0 fully saturated rings. The van der Waals surface area contributed by atoms with Crippen LogP contribution in [0.2, 0.25) is 0 Å². The summed E-state index contributed by atoms with van der Waals surface area (Å²) in [5, 5.41) is 0. The standard InChI is InChI=1S/C11H14FNO/c1-3-6-14-11-5-4-9(8(2)13)7-10(11)12/h3-5,7-8H,1,6,13H2,2H3/t8-/m1/s1. The Morgan fingerprint density at radius 2 is 2.36 bits per heavy atom. The van der Waals surface area contributed by atoms with E-state index >= 15 is 0 Å². The van der Waals surface area contributed by atoms with E-state index < -0.39 is 0 Å². The highest BCUT2D eigenvalue weighted by atomic mass is 19.1.